The van der Waals surface area contributed by atoms with Crippen LogP contribution in [-0.2, 0) is 0 Å². The number of aromatic nitrogens is 3. The average Bonchev–Trinajstić information content (AvgIpc) is 3.00. The summed E-state index contributed by atoms with van der Waals surface area (Å²) in [5.74, 6) is 0. The number of para-hydroxylation sites is 1. The highest BCUT2D eigenvalue weighted by molar-refractivity contribution is 7.13. The van der Waals surface area contributed by atoms with Gasteiger partial charge in [0.1, 0.15) is 10.7 Å². The van der Waals surface area contributed by atoms with Crippen molar-refractivity contribution >= 4 is 22.9 Å². The maximum atomic E-state index is 6.17. The van der Waals surface area contributed by atoms with Gasteiger partial charge in [-0.2, -0.15) is 5.10 Å². The van der Waals surface area contributed by atoms with E-state index in [0.29, 0.717) is 5.02 Å². The Morgan fingerprint density at radius 1 is 1.12 bits per heavy atom. The van der Waals surface area contributed by atoms with Gasteiger partial charge in [-0.1, -0.05) is 23.7 Å². The van der Waals surface area contributed by atoms with Crippen molar-refractivity contribution < 1.29 is 0 Å². The Hall–Kier alpha value is -1.65. The lowest BCUT2D eigenvalue weighted by molar-refractivity contribution is 0.887. The zero-order valence-corrected chi connectivity index (χ0v) is 10.3. The van der Waals surface area contributed by atoms with Crippen LogP contribution in [0.15, 0.2) is 48.1 Å². The van der Waals surface area contributed by atoms with Gasteiger partial charge < -0.3 is 0 Å². The molecular weight excluding hydrogens is 254 g/mol. The number of benzene rings is 1. The lowest BCUT2D eigenvalue weighted by Crippen LogP contribution is -1.99. The zero-order chi connectivity index (χ0) is 11.7. The van der Waals surface area contributed by atoms with Crippen LogP contribution < -0.4 is 0 Å². The molecule has 0 aliphatic heterocycles. The topological polar surface area (TPSA) is 30.7 Å². The number of nitrogens with zero attached hydrogens (tertiary/aromatic N) is 3. The summed E-state index contributed by atoms with van der Waals surface area (Å²) < 4.78 is 1.81. The van der Waals surface area contributed by atoms with Gasteiger partial charge >= 0.3 is 0 Å². The fourth-order valence-electron chi connectivity index (χ4n) is 1.63. The van der Waals surface area contributed by atoms with Crippen LogP contribution in [0.2, 0.25) is 5.02 Å². The van der Waals surface area contributed by atoms with E-state index in [-0.39, 0.29) is 0 Å². The van der Waals surface area contributed by atoms with Crippen LogP contribution >= 0.6 is 22.9 Å². The van der Waals surface area contributed by atoms with Gasteiger partial charge in [0.15, 0.2) is 0 Å². The fraction of sp³-hybridized carbons (Fsp3) is 0. The van der Waals surface area contributed by atoms with Crippen molar-refractivity contribution in [1.29, 1.82) is 0 Å². The van der Waals surface area contributed by atoms with Crippen molar-refractivity contribution in [1.82, 2.24) is 14.8 Å². The molecule has 0 amide bonds. The predicted molar refractivity (Wildman–Crippen MR) is 69.7 cm³/mol. The Balaban J connectivity index is 2.17. The second-order valence-corrected chi connectivity index (χ2v) is 4.72. The molecule has 0 spiro atoms. The highest BCUT2D eigenvalue weighted by atomic mass is 35.5. The Labute approximate surface area is 107 Å². The molecule has 0 aliphatic rings. The van der Waals surface area contributed by atoms with E-state index in [1.165, 1.54) is 0 Å². The van der Waals surface area contributed by atoms with Gasteiger partial charge in [0.25, 0.3) is 0 Å². The zero-order valence-electron chi connectivity index (χ0n) is 8.75. The number of thiazole rings is 1. The molecule has 2 heterocycles. The number of hydrogen-bond donors (Lipinski definition) is 0. The summed E-state index contributed by atoms with van der Waals surface area (Å²) in [6, 6.07) is 9.56. The molecule has 2 aromatic heterocycles. The molecule has 0 bridgehead atoms. The average molecular weight is 262 g/mol. The van der Waals surface area contributed by atoms with Crippen LogP contribution in [0, 0.1) is 0 Å². The van der Waals surface area contributed by atoms with E-state index in [2.05, 4.69) is 10.1 Å². The predicted octanol–water partition coefficient (Wildman–Crippen LogP) is 3.65. The molecule has 1 aromatic carbocycles. The molecule has 0 radical (unpaired) electrons. The highest BCUT2D eigenvalue weighted by Crippen LogP contribution is 2.27. The summed E-state index contributed by atoms with van der Waals surface area (Å²) in [7, 11) is 0. The summed E-state index contributed by atoms with van der Waals surface area (Å²) in [6.45, 7) is 0. The molecular formula is C12H8ClN3S. The molecule has 84 valence electrons. The van der Waals surface area contributed by atoms with Gasteiger partial charge in [0.2, 0.25) is 0 Å². The summed E-state index contributed by atoms with van der Waals surface area (Å²) in [6.07, 6.45) is 3.53. The van der Waals surface area contributed by atoms with E-state index in [0.717, 1.165) is 16.4 Å². The molecule has 0 N–H and O–H groups in total. The normalized spacial score (nSPS) is 10.6. The Morgan fingerprint density at radius 3 is 2.76 bits per heavy atom. The second-order valence-electron chi connectivity index (χ2n) is 3.42. The quantitative estimate of drug-likeness (QED) is 0.705. The van der Waals surface area contributed by atoms with Crippen LogP contribution in [0.3, 0.4) is 0 Å². The molecule has 0 unspecified atom stereocenters. The Bertz CT molecular complexity index is 631. The molecule has 5 heteroatoms. The molecule has 0 atom stereocenters. The van der Waals surface area contributed by atoms with Crippen molar-refractivity contribution in [2.45, 2.75) is 0 Å². The van der Waals surface area contributed by atoms with Crippen LogP contribution in [-0.4, -0.2) is 14.8 Å². The third-order valence-electron chi connectivity index (χ3n) is 2.37. The molecule has 3 aromatic rings. The summed E-state index contributed by atoms with van der Waals surface area (Å²) in [5.41, 5.74) is 1.82. The summed E-state index contributed by atoms with van der Waals surface area (Å²) in [4.78, 5) is 4.29. The maximum absolute atomic E-state index is 6.17. The molecule has 3 nitrogen and oxygen atoms in total. The molecule has 3 rings (SSSR count). The van der Waals surface area contributed by atoms with Crippen LogP contribution in [0.25, 0.3) is 16.4 Å². The van der Waals surface area contributed by atoms with Gasteiger partial charge in [0.05, 0.1) is 16.9 Å². The minimum Gasteiger partial charge on any atom is -0.243 e. The van der Waals surface area contributed by atoms with Gasteiger partial charge in [-0.15, -0.1) is 11.3 Å². The summed E-state index contributed by atoms with van der Waals surface area (Å²) >= 11 is 7.75. The van der Waals surface area contributed by atoms with Crippen molar-refractivity contribution in [3.8, 4) is 16.4 Å². The van der Waals surface area contributed by atoms with Gasteiger partial charge in [-0.3, -0.25) is 0 Å². The smallest absolute Gasteiger partial charge is 0.141 e. The van der Waals surface area contributed by atoms with Gasteiger partial charge in [-0.05, 0) is 18.2 Å². The largest absolute Gasteiger partial charge is 0.243 e. The molecule has 0 fully saturated rings. The van der Waals surface area contributed by atoms with Crippen molar-refractivity contribution in [2.24, 2.45) is 0 Å². The minimum absolute atomic E-state index is 0.675. The van der Waals surface area contributed by atoms with E-state index in [1.54, 1.807) is 28.4 Å². The minimum atomic E-state index is 0.675. The van der Waals surface area contributed by atoms with Crippen molar-refractivity contribution in [3.63, 3.8) is 0 Å². The third-order valence-corrected chi connectivity index (χ3v) is 3.49. The third kappa shape index (κ3) is 1.85. The Kier molecular flexibility index (Phi) is 2.66. The van der Waals surface area contributed by atoms with E-state index in [9.17, 15) is 0 Å². The number of rotatable bonds is 2. The lowest BCUT2D eigenvalue weighted by atomic mass is 10.3. The van der Waals surface area contributed by atoms with Crippen LogP contribution in [0.5, 0.6) is 0 Å². The van der Waals surface area contributed by atoms with Crippen molar-refractivity contribution in [2.75, 3.05) is 0 Å². The first-order valence-electron chi connectivity index (χ1n) is 5.05. The van der Waals surface area contributed by atoms with E-state index in [1.807, 2.05) is 35.7 Å². The first-order chi connectivity index (χ1) is 8.36. The number of halogens is 1. The Morgan fingerprint density at radius 2 is 2.00 bits per heavy atom. The first-order valence-corrected chi connectivity index (χ1v) is 6.31. The van der Waals surface area contributed by atoms with E-state index < -0.39 is 0 Å². The monoisotopic (exact) mass is 261 g/mol. The van der Waals surface area contributed by atoms with Gasteiger partial charge in [0, 0.05) is 11.6 Å². The fourth-order valence-corrected chi connectivity index (χ4v) is 2.49. The lowest BCUT2D eigenvalue weighted by Gasteiger charge is -2.06. The standard InChI is InChI=1S/C12H8ClN3S/c13-9-3-1-2-4-10(9)16-11(5-6-15-16)12-14-7-8-17-12/h1-8H. The maximum Gasteiger partial charge on any atom is 0.141 e. The van der Waals surface area contributed by atoms with Crippen LogP contribution in [0.1, 0.15) is 0 Å². The van der Waals surface area contributed by atoms with E-state index in [4.69, 9.17) is 11.6 Å². The molecule has 0 saturated carbocycles. The highest BCUT2D eigenvalue weighted by Gasteiger charge is 2.11. The number of hydrogen-bond acceptors (Lipinski definition) is 3. The molecule has 17 heavy (non-hydrogen) atoms. The van der Waals surface area contributed by atoms with Gasteiger partial charge in [-0.25, -0.2) is 9.67 Å². The first kappa shape index (κ1) is 10.5. The van der Waals surface area contributed by atoms with E-state index >= 15 is 0 Å². The molecule has 0 saturated heterocycles. The SMILES string of the molecule is Clc1ccccc1-n1nccc1-c1nccs1. The van der Waals surface area contributed by atoms with Crippen LogP contribution in [0.4, 0.5) is 0 Å². The molecule has 0 aliphatic carbocycles. The summed E-state index contributed by atoms with van der Waals surface area (Å²) in [5, 5.41) is 7.85. The van der Waals surface area contributed by atoms with Crippen molar-refractivity contribution in [3.05, 3.63) is 53.1 Å². The second kappa shape index (κ2) is 4.31.